The maximum Gasteiger partial charge on any atom is 0.256 e. The number of carbonyl (C=O) groups is 2. The summed E-state index contributed by atoms with van der Waals surface area (Å²) in [5.41, 5.74) is 1.77. The molecule has 0 saturated heterocycles. The molecule has 2 amide bonds. The van der Waals surface area contributed by atoms with Gasteiger partial charge in [-0.3, -0.25) is 9.59 Å². The van der Waals surface area contributed by atoms with Gasteiger partial charge in [0.25, 0.3) is 5.91 Å². The molecule has 0 spiro atoms. The second kappa shape index (κ2) is 6.95. The van der Waals surface area contributed by atoms with Gasteiger partial charge in [-0.1, -0.05) is 24.3 Å². The van der Waals surface area contributed by atoms with Crippen LogP contribution in [0.5, 0.6) is 0 Å². The van der Waals surface area contributed by atoms with Gasteiger partial charge in [0.15, 0.2) is 0 Å². The number of thioether (sulfide) groups is 1. The van der Waals surface area contributed by atoms with Crippen LogP contribution in [0, 0.1) is 0 Å². The molecule has 2 aromatic rings. The summed E-state index contributed by atoms with van der Waals surface area (Å²) in [5, 5.41) is 5.54. The van der Waals surface area contributed by atoms with Crippen molar-refractivity contribution < 1.29 is 9.59 Å². The molecular formula is C16H16N2O2S. The van der Waals surface area contributed by atoms with Crippen LogP contribution in [0.4, 0.5) is 11.4 Å². The summed E-state index contributed by atoms with van der Waals surface area (Å²) in [6, 6.07) is 14.5. The maximum atomic E-state index is 12.4. The summed E-state index contributed by atoms with van der Waals surface area (Å²) < 4.78 is 0. The van der Waals surface area contributed by atoms with Crippen molar-refractivity contribution in [2.24, 2.45) is 0 Å². The summed E-state index contributed by atoms with van der Waals surface area (Å²) >= 11 is 1.52. The third-order valence-corrected chi connectivity index (χ3v) is 3.63. The second-order valence-electron chi connectivity index (χ2n) is 4.38. The number of benzene rings is 2. The van der Waals surface area contributed by atoms with Gasteiger partial charge in [0.2, 0.25) is 5.91 Å². The summed E-state index contributed by atoms with van der Waals surface area (Å²) in [4.78, 5) is 24.5. The predicted molar refractivity (Wildman–Crippen MR) is 86.9 cm³/mol. The fraction of sp³-hybridized carbons (Fsp3) is 0.125. The third kappa shape index (κ3) is 3.86. The fourth-order valence-electron chi connectivity index (χ4n) is 1.91. The number of anilines is 2. The van der Waals surface area contributed by atoms with E-state index in [1.54, 1.807) is 30.3 Å². The van der Waals surface area contributed by atoms with Crippen LogP contribution >= 0.6 is 11.8 Å². The average molecular weight is 300 g/mol. The van der Waals surface area contributed by atoms with Crippen LogP contribution in [0.2, 0.25) is 0 Å². The molecule has 0 atom stereocenters. The van der Waals surface area contributed by atoms with Gasteiger partial charge in [0, 0.05) is 11.8 Å². The molecule has 0 aliphatic rings. The maximum absolute atomic E-state index is 12.4. The van der Waals surface area contributed by atoms with E-state index in [1.807, 2.05) is 24.5 Å². The number of para-hydroxylation sites is 2. The van der Waals surface area contributed by atoms with E-state index in [4.69, 9.17) is 0 Å². The highest BCUT2D eigenvalue weighted by Gasteiger charge is 2.12. The smallest absolute Gasteiger partial charge is 0.256 e. The molecule has 2 aromatic carbocycles. The van der Waals surface area contributed by atoms with Crippen molar-refractivity contribution in [3.8, 4) is 0 Å². The first-order chi connectivity index (χ1) is 10.1. The monoisotopic (exact) mass is 300 g/mol. The van der Waals surface area contributed by atoms with Gasteiger partial charge in [-0.25, -0.2) is 0 Å². The summed E-state index contributed by atoms with van der Waals surface area (Å²) in [5.74, 6) is -0.376. The molecule has 0 saturated carbocycles. The molecule has 5 heteroatoms. The van der Waals surface area contributed by atoms with Crippen LogP contribution in [0.15, 0.2) is 53.4 Å². The van der Waals surface area contributed by atoms with E-state index in [-0.39, 0.29) is 11.8 Å². The number of hydrogen-bond donors (Lipinski definition) is 2. The summed E-state index contributed by atoms with van der Waals surface area (Å²) in [6.07, 6.45) is 1.93. The van der Waals surface area contributed by atoms with Gasteiger partial charge >= 0.3 is 0 Å². The number of hydrogen-bond acceptors (Lipinski definition) is 3. The lowest BCUT2D eigenvalue weighted by atomic mass is 10.2. The van der Waals surface area contributed by atoms with Crippen LogP contribution in [-0.2, 0) is 4.79 Å². The first kappa shape index (κ1) is 15.1. The molecule has 108 valence electrons. The quantitative estimate of drug-likeness (QED) is 0.848. The van der Waals surface area contributed by atoms with Crippen molar-refractivity contribution in [1.82, 2.24) is 0 Å². The third-order valence-electron chi connectivity index (χ3n) is 2.84. The highest BCUT2D eigenvalue weighted by molar-refractivity contribution is 7.98. The lowest BCUT2D eigenvalue weighted by Gasteiger charge is -2.12. The van der Waals surface area contributed by atoms with E-state index in [9.17, 15) is 9.59 Å². The van der Waals surface area contributed by atoms with Crippen LogP contribution in [0.1, 0.15) is 17.3 Å². The highest BCUT2D eigenvalue weighted by Crippen LogP contribution is 2.24. The van der Waals surface area contributed by atoms with E-state index < -0.39 is 0 Å². The Labute approximate surface area is 127 Å². The molecule has 0 radical (unpaired) electrons. The van der Waals surface area contributed by atoms with E-state index in [0.717, 1.165) is 4.90 Å². The van der Waals surface area contributed by atoms with Crippen LogP contribution in [0.25, 0.3) is 0 Å². The van der Waals surface area contributed by atoms with E-state index in [2.05, 4.69) is 10.6 Å². The molecule has 21 heavy (non-hydrogen) atoms. The van der Waals surface area contributed by atoms with Gasteiger partial charge in [-0.15, -0.1) is 11.8 Å². The Balaban J connectivity index is 2.26. The van der Waals surface area contributed by atoms with Gasteiger partial charge in [0.1, 0.15) is 0 Å². The lowest BCUT2D eigenvalue weighted by molar-refractivity contribution is -0.114. The molecule has 0 fully saturated rings. The van der Waals surface area contributed by atoms with Crippen molar-refractivity contribution in [2.45, 2.75) is 11.8 Å². The molecule has 2 rings (SSSR count). The van der Waals surface area contributed by atoms with Crippen LogP contribution < -0.4 is 10.6 Å². The first-order valence-electron chi connectivity index (χ1n) is 6.43. The number of rotatable bonds is 4. The van der Waals surface area contributed by atoms with E-state index >= 15 is 0 Å². The summed E-state index contributed by atoms with van der Waals surface area (Å²) in [6.45, 7) is 1.43. The fourth-order valence-corrected chi connectivity index (χ4v) is 2.51. The largest absolute Gasteiger partial charge is 0.325 e. The Bertz CT molecular complexity index is 671. The zero-order chi connectivity index (χ0) is 15.2. The zero-order valence-electron chi connectivity index (χ0n) is 11.8. The molecule has 0 aliphatic carbocycles. The summed E-state index contributed by atoms with van der Waals surface area (Å²) in [7, 11) is 0. The van der Waals surface area contributed by atoms with Crippen LogP contribution in [0.3, 0.4) is 0 Å². The Kier molecular flexibility index (Phi) is 5.00. The van der Waals surface area contributed by atoms with Crippen molar-refractivity contribution >= 4 is 35.0 Å². The van der Waals surface area contributed by atoms with Crippen molar-refractivity contribution in [3.63, 3.8) is 0 Å². The van der Waals surface area contributed by atoms with Gasteiger partial charge in [-0.05, 0) is 30.5 Å². The van der Waals surface area contributed by atoms with E-state index in [1.165, 1.54) is 18.7 Å². The highest BCUT2D eigenvalue weighted by atomic mass is 32.2. The minimum Gasteiger partial charge on any atom is -0.325 e. The number of nitrogens with one attached hydrogen (secondary N) is 2. The Morgan fingerprint density at radius 2 is 1.48 bits per heavy atom. The van der Waals surface area contributed by atoms with E-state index in [0.29, 0.717) is 16.9 Å². The average Bonchev–Trinajstić information content (AvgIpc) is 2.48. The zero-order valence-corrected chi connectivity index (χ0v) is 12.7. The SMILES string of the molecule is CSc1ccccc1C(=O)Nc1ccccc1NC(C)=O. The normalized spacial score (nSPS) is 10.0. The Morgan fingerprint density at radius 3 is 2.10 bits per heavy atom. The minimum atomic E-state index is -0.197. The van der Waals surface area contributed by atoms with Crippen molar-refractivity contribution in [1.29, 1.82) is 0 Å². The second-order valence-corrected chi connectivity index (χ2v) is 5.23. The molecule has 4 nitrogen and oxygen atoms in total. The Hall–Kier alpha value is -2.27. The topological polar surface area (TPSA) is 58.2 Å². The number of carbonyl (C=O) groups excluding carboxylic acids is 2. The van der Waals surface area contributed by atoms with Gasteiger partial charge < -0.3 is 10.6 Å². The Morgan fingerprint density at radius 1 is 0.905 bits per heavy atom. The first-order valence-corrected chi connectivity index (χ1v) is 7.65. The van der Waals surface area contributed by atoms with Crippen LogP contribution in [-0.4, -0.2) is 18.1 Å². The predicted octanol–water partition coefficient (Wildman–Crippen LogP) is 3.62. The van der Waals surface area contributed by atoms with Crippen molar-refractivity contribution in [3.05, 3.63) is 54.1 Å². The number of amides is 2. The molecule has 0 aromatic heterocycles. The molecular weight excluding hydrogens is 284 g/mol. The standard InChI is InChI=1S/C16H16N2O2S/c1-11(19)17-13-8-4-5-9-14(13)18-16(20)12-7-3-6-10-15(12)21-2/h3-10H,1-2H3,(H,17,19)(H,18,20). The van der Waals surface area contributed by atoms with Gasteiger partial charge in [-0.2, -0.15) is 0 Å². The molecule has 0 heterocycles. The van der Waals surface area contributed by atoms with Gasteiger partial charge in [0.05, 0.1) is 16.9 Å². The molecule has 0 bridgehead atoms. The minimum absolute atomic E-state index is 0.179. The van der Waals surface area contributed by atoms with Crippen molar-refractivity contribution in [2.75, 3.05) is 16.9 Å². The molecule has 0 aliphatic heterocycles. The molecule has 0 unspecified atom stereocenters. The molecule has 2 N–H and O–H groups in total. The lowest BCUT2D eigenvalue weighted by Crippen LogP contribution is -2.15.